The highest BCUT2D eigenvalue weighted by Crippen LogP contribution is 2.23. The van der Waals surface area contributed by atoms with Crippen molar-refractivity contribution in [2.24, 2.45) is 0 Å². The number of rotatable bonds is 9. The lowest BCUT2D eigenvalue weighted by atomic mass is 9.92. The highest BCUT2D eigenvalue weighted by molar-refractivity contribution is 7.88. The Bertz CT molecular complexity index is 1450. The molecule has 2 heterocycles. The van der Waals surface area contributed by atoms with Gasteiger partial charge < -0.3 is 16.0 Å². The van der Waals surface area contributed by atoms with E-state index < -0.39 is 28.0 Å². The first-order valence-electron chi connectivity index (χ1n) is 13.6. The van der Waals surface area contributed by atoms with Crippen LogP contribution in [0.1, 0.15) is 41.6 Å². The fourth-order valence-corrected chi connectivity index (χ4v) is 6.86. The number of aromatic nitrogens is 2. The summed E-state index contributed by atoms with van der Waals surface area (Å²) in [6, 6.07) is 16.3. The SMILES string of the molecule is Nc1ncc2c(n1)CCC(NC(=O)[C@@H]1CCCN1C(=O)[C@@H](Cc1ccccc1)NS(=O)(=O)Cc1ccccc1)C2. The van der Waals surface area contributed by atoms with Crippen LogP contribution >= 0.6 is 0 Å². The molecule has 1 saturated heterocycles. The molecule has 0 radical (unpaired) electrons. The zero-order chi connectivity index (χ0) is 28.1. The van der Waals surface area contributed by atoms with Gasteiger partial charge >= 0.3 is 0 Å². The van der Waals surface area contributed by atoms with Crippen LogP contribution in [-0.2, 0) is 44.6 Å². The Balaban J connectivity index is 1.29. The Morgan fingerprint density at radius 3 is 2.45 bits per heavy atom. The van der Waals surface area contributed by atoms with Gasteiger partial charge in [-0.2, -0.15) is 0 Å². The summed E-state index contributed by atoms with van der Waals surface area (Å²) >= 11 is 0. The number of carbonyl (C=O) groups is 2. The van der Waals surface area contributed by atoms with E-state index in [1.807, 2.05) is 36.4 Å². The molecular formula is C29H34N6O4S. The quantitative estimate of drug-likeness (QED) is 0.360. The van der Waals surface area contributed by atoms with E-state index in [0.29, 0.717) is 44.2 Å². The largest absolute Gasteiger partial charge is 0.368 e. The van der Waals surface area contributed by atoms with Crippen LogP contribution in [0, 0.1) is 0 Å². The molecule has 5 rings (SSSR count). The number of hydrogen-bond donors (Lipinski definition) is 3. The molecule has 2 amide bonds. The van der Waals surface area contributed by atoms with Crippen molar-refractivity contribution in [2.45, 2.75) is 62.4 Å². The van der Waals surface area contributed by atoms with E-state index in [9.17, 15) is 18.0 Å². The number of carbonyl (C=O) groups excluding carboxylic acids is 2. The van der Waals surface area contributed by atoms with Crippen molar-refractivity contribution >= 4 is 27.8 Å². The molecule has 0 spiro atoms. The summed E-state index contributed by atoms with van der Waals surface area (Å²) in [7, 11) is -3.84. The molecule has 40 heavy (non-hydrogen) atoms. The highest BCUT2D eigenvalue weighted by Gasteiger charge is 2.39. The number of hydrogen-bond acceptors (Lipinski definition) is 7. The minimum Gasteiger partial charge on any atom is -0.368 e. The zero-order valence-corrected chi connectivity index (χ0v) is 23.0. The molecule has 1 fully saturated rings. The third-order valence-corrected chi connectivity index (χ3v) is 8.81. The number of sulfonamides is 1. The maximum Gasteiger partial charge on any atom is 0.243 e. The van der Waals surface area contributed by atoms with Gasteiger partial charge in [-0.15, -0.1) is 0 Å². The van der Waals surface area contributed by atoms with Gasteiger partial charge in [-0.3, -0.25) is 9.59 Å². The summed E-state index contributed by atoms with van der Waals surface area (Å²) in [5.74, 6) is -0.613. The van der Waals surface area contributed by atoms with Gasteiger partial charge in [0.05, 0.1) is 5.75 Å². The summed E-state index contributed by atoms with van der Waals surface area (Å²) < 4.78 is 28.9. The second-order valence-electron chi connectivity index (χ2n) is 10.4. The van der Waals surface area contributed by atoms with E-state index in [0.717, 1.165) is 16.8 Å². The summed E-state index contributed by atoms with van der Waals surface area (Å²) in [4.78, 5) is 37.2. The van der Waals surface area contributed by atoms with Crippen LogP contribution in [-0.4, -0.2) is 59.8 Å². The summed E-state index contributed by atoms with van der Waals surface area (Å²) in [5.41, 5.74) is 9.02. The average Bonchev–Trinajstić information content (AvgIpc) is 3.43. The van der Waals surface area contributed by atoms with Gasteiger partial charge in [0.1, 0.15) is 12.1 Å². The third-order valence-electron chi connectivity index (χ3n) is 7.46. The summed E-state index contributed by atoms with van der Waals surface area (Å²) in [6.07, 6.45) is 5.07. The van der Waals surface area contributed by atoms with Crippen LogP contribution in [0.4, 0.5) is 5.95 Å². The molecule has 4 N–H and O–H groups in total. The van der Waals surface area contributed by atoms with E-state index in [1.54, 1.807) is 30.5 Å². The molecule has 1 aromatic heterocycles. The number of nitrogens with one attached hydrogen (secondary N) is 2. The molecule has 2 aromatic carbocycles. The molecule has 2 aliphatic rings. The molecule has 11 heteroatoms. The predicted molar refractivity (Wildman–Crippen MR) is 151 cm³/mol. The predicted octanol–water partition coefficient (Wildman–Crippen LogP) is 1.75. The summed E-state index contributed by atoms with van der Waals surface area (Å²) in [5, 5.41) is 3.11. The number of benzene rings is 2. The van der Waals surface area contributed by atoms with Crippen LogP contribution in [0.15, 0.2) is 66.9 Å². The smallest absolute Gasteiger partial charge is 0.243 e. The molecule has 0 bridgehead atoms. The lowest BCUT2D eigenvalue weighted by Gasteiger charge is -2.31. The average molecular weight is 563 g/mol. The van der Waals surface area contributed by atoms with Crippen LogP contribution in [0.2, 0.25) is 0 Å². The van der Waals surface area contributed by atoms with Gasteiger partial charge in [-0.1, -0.05) is 60.7 Å². The lowest BCUT2D eigenvalue weighted by molar-refractivity contribution is -0.140. The first-order chi connectivity index (χ1) is 19.3. The Morgan fingerprint density at radius 1 is 1.02 bits per heavy atom. The molecule has 210 valence electrons. The molecule has 1 aliphatic carbocycles. The summed E-state index contributed by atoms with van der Waals surface area (Å²) in [6.45, 7) is 0.392. The lowest BCUT2D eigenvalue weighted by Crippen LogP contribution is -2.55. The van der Waals surface area contributed by atoms with E-state index in [4.69, 9.17) is 5.73 Å². The van der Waals surface area contributed by atoms with Crippen molar-refractivity contribution < 1.29 is 18.0 Å². The van der Waals surface area contributed by atoms with Crippen molar-refractivity contribution in [1.82, 2.24) is 24.9 Å². The third kappa shape index (κ3) is 6.83. The second kappa shape index (κ2) is 12.1. The number of nitrogen functional groups attached to an aromatic ring is 1. The van der Waals surface area contributed by atoms with E-state index >= 15 is 0 Å². The number of aryl methyl sites for hydroxylation is 1. The molecule has 1 aliphatic heterocycles. The van der Waals surface area contributed by atoms with Gasteiger partial charge in [0.15, 0.2) is 0 Å². The maximum absolute atomic E-state index is 13.9. The zero-order valence-electron chi connectivity index (χ0n) is 22.2. The Kier molecular flexibility index (Phi) is 8.41. The Hall–Kier alpha value is -3.83. The Morgan fingerprint density at radius 2 is 1.73 bits per heavy atom. The van der Waals surface area contributed by atoms with Gasteiger partial charge in [0.25, 0.3) is 0 Å². The first kappa shape index (κ1) is 27.7. The molecule has 1 unspecified atom stereocenters. The molecule has 3 atom stereocenters. The van der Waals surface area contributed by atoms with Gasteiger partial charge in [-0.25, -0.2) is 23.1 Å². The van der Waals surface area contributed by atoms with Gasteiger partial charge in [0, 0.05) is 24.5 Å². The fraction of sp³-hybridized carbons (Fsp3) is 0.379. The number of nitrogens with zero attached hydrogens (tertiary/aromatic N) is 3. The van der Waals surface area contributed by atoms with Crippen molar-refractivity contribution in [3.8, 4) is 0 Å². The number of amides is 2. The highest BCUT2D eigenvalue weighted by atomic mass is 32.2. The van der Waals surface area contributed by atoms with Crippen LogP contribution in [0.25, 0.3) is 0 Å². The minimum atomic E-state index is -3.84. The molecular weight excluding hydrogens is 528 g/mol. The van der Waals surface area contributed by atoms with E-state index in [-0.39, 0.29) is 30.1 Å². The monoisotopic (exact) mass is 562 g/mol. The molecule has 10 nitrogen and oxygen atoms in total. The topological polar surface area (TPSA) is 147 Å². The Labute approximate surface area is 234 Å². The van der Waals surface area contributed by atoms with E-state index in [2.05, 4.69) is 20.0 Å². The second-order valence-corrected chi connectivity index (χ2v) is 12.2. The molecule has 0 saturated carbocycles. The fourth-order valence-electron chi connectivity index (χ4n) is 5.53. The molecule has 3 aromatic rings. The number of nitrogens with two attached hydrogens (primary N) is 1. The number of anilines is 1. The van der Waals surface area contributed by atoms with E-state index in [1.165, 1.54) is 4.90 Å². The maximum atomic E-state index is 13.9. The van der Waals surface area contributed by atoms with Crippen molar-refractivity contribution in [1.29, 1.82) is 0 Å². The standard InChI is InChI=1S/C29H34N6O4S/c30-29-31-18-22-17-23(13-14-24(22)33-29)32-27(36)26-12-7-15-35(26)28(37)25(16-20-8-3-1-4-9-20)34-40(38,39)19-21-10-5-2-6-11-21/h1-6,8-11,18,23,25-26,34H,7,12-17,19H2,(H,32,36)(H2,30,31,33)/t23?,25-,26+/m1/s1. The van der Waals surface area contributed by atoms with Crippen molar-refractivity contribution in [2.75, 3.05) is 12.3 Å². The van der Waals surface area contributed by atoms with Crippen molar-refractivity contribution in [3.05, 3.63) is 89.2 Å². The normalized spacial score (nSPS) is 19.6. The van der Waals surface area contributed by atoms with Gasteiger partial charge in [0.2, 0.25) is 27.8 Å². The number of fused-ring (bicyclic) bond motifs is 1. The van der Waals surface area contributed by atoms with Gasteiger partial charge in [-0.05, 0) is 55.2 Å². The van der Waals surface area contributed by atoms with Crippen LogP contribution < -0.4 is 15.8 Å². The first-order valence-corrected chi connectivity index (χ1v) is 15.2. The van der Waals surface area contributed by atoms with Crippen molar-refractivity contribution in [3.63, 3.8) is 0 Å². The van der Waals surface area contributed by atoms with Crippen LogP contribution in [0.3, 0.4) is 0 Å². The minimum absolute atomic E-state index is 0.103. The van der Waals surface area contributed by atoms with Crippen LogP contribution in [0.5, 0.6) is 0 Å². The number of likely N-dealkylation sites (tertiary alicyclic amines) is 1.